The Kier molecular flexibility index (Phi) is 4.19. The van der Waals surface area contributed by atoms with Crippen LogP contribution >= 0.6 is 11.8 Å². The van der Waals surface area contributed by atoms with Crippen molar-refractivity contribution in [2.75, 3.05) is 12.0 Å². The molecule has 0 fully saturated rings. The summed E-state index contributed by atoms with van der Waals surface area (Å²) >= 11 is 1.50. The van der Waals surface area contributed by atoms with E-state index in [2.05, 4.69) is 0 Å². The van der Waals surface area contributed by atoms with Crippen molar-refractivity contribution in [3.05, 3.63) is 24.3 Å². The molecule has 0 aliphatic rings. The van der Waals surface area contributed by atoms with Gasteiger partial charge in [0.1, 0.15) is 0 Å². The average Bonchev–Trinajstić information content (AvgIpc) is 2.14. The quantitative estimate of drug-likeness (QED) is 0.819. The highest BCUT2D eigenvalue weighted by Gasteiger charge is 2.06. The van der Waals surface area contributed by atoms with Gasteiger partial charge in [-0.3, -0.25) is 0 Å². The Bertz CT molecular complexity index is 407. The van der Waals surface area contributed by atoms with Crippen LogP contribution in [0.25, 0.3) is 0 Å². The van der Waals surface area contributed by atoms with Crippen molar-refractivity contribution in [3.8, 4) is 0 Å². The van der Waals surface area contributed by atoms with Crippen molar-refractivity contribution >= 4 is 21.6 Å². The Morgan fingerprint density at radius 2 is 1.87 bits per heavy atom. The molecule has 5 heteroatoms. The highest BCUT2D eigenvalue weighted by atomic mass is 32.2. The second-order valence-corrected chi connectivity index (χ2v) is 6.51. The van der Waals surface area contributed by atoms with Crippen LogP contribution in [0.4, 0.5) is 0 Å². The van der Waals surface area contributed by atoms with Crippen LogP contribution in [0.3, 0.4) is 0 Å². The third kappa shape index (κ3) is 4.24. The zero-order valence-electron chi connectivity index (χ0n) is 8.67. The lowest BCUT2D eigenvalue weighted by Gasteiger charge is -2.04. The molecule has 15 heavy (non-hydrogen) atoms. The van der Waals surface area contributed by atoms with E-state index in [4.69, 9.17) is 5.11 Å². The Balaban J connectivity index is 2.73. The minimum Gasteiger partial charge on any atom is -0.393 e. The van der Waals surface area contributed by atoms with E-state index in [0.29, 0.717) is 10.6 Å². The summed E-state index contributed by atoms with van der Waals surface area (Å²) < 4.78 is 22.3. The summed E-state index contributed by atoms with van der Waals surface area (Å²) in [6.07, 6.45) is 0.829. The lowest BCUT2D eigenvalue weighted by molar-refractivity contribution is 0.220. The van der Waals surface area contributed by atoms with Gasteiger partial charge < -0.3 is 5.11 Å². The Morgan fingerprint density at radius 1 is 1.33 bits per heavy atom. The Morgan fingerprint density at radius 3 is 2.27 bits per heavy atom. The van der Waals surface area contributed by atoms with Crippen LogP contribution in [0.5, 0.6) is 0 Å². The van der Waals surface area contributed by atoms with E-state index in [9.17, 15) is 8.42 Å². The minimum absolute atomic E-state index is 0.323. The predicted molar refractivity (Wildman–Crippen MR) is 62.0 cm³/mol. The van der Waals surface area contributed by atoms with Gasteiger partial charge in [-0.15, -0.1) is 11.8 Å². The van der Waals surface area contributed by atoms with Gasteiger partial charge in [0, 0.05) is 16.9 Å². The third-order valence-corrected chi connectivity index (χ3v) is 4.13. The first-order valence-electron chi connectivity index (χ1n) is 4.50. The SMILES string of the molecule is CC(O)CSc1ccc(S(C)(=O)=O)cc1. The van der Waals surface area contributed by atoms with Crippen LogP contribution in [0.2, 0.25) is 0 Å². The van der Waals surface area contributed by atoms with Gasteiger partial charge in [-0.2, -0.15) is 0 Å². The van der Waals surface area contributed by atoms with Crippen molar-refractivity contribution in [1.82, 2.24) is 0 Å². The first kappa shape index (κ1) is 12.5. The van der Waals surface area contributed by atoms with Crippen molar-refractivity contribution in [3.63, 3.8) is 0 Å². The van der Waals surface area contributed by atoms with Crippen LogP contribution in [-0.2, 0) is 9.84 Å². The topological polar surface area (TPSA) is 54.4 Å². The Labute approximate surface area is 94.4 Å². The highest BCUT2D eigenvalue weighted by molar-refractivity contribution is 7.99. The van der Waals surface area contributed by atoms with E-state index in [0.717, 1.165) is 4.90 Å². The predicted octanol–water partition coefficient (Wildman–Crippen LogP) is 1.56. The fourth-order valence-electron chi connectivity index (χ4n) is 1.000. The molecule has 0 radical (unpaired) electrons. The molecule has 0 amide bonds. The van der Waals surface area contributed by atoms with E-state index in [1.54, 1.807) is 31.2 Å². The van der Waals surface area contributed by atoms with Gasteiger partial charge in [-0.05, 0) is 31.2 Å². The van der Waals surface area contributed by atoms with Gasteiger partial charge >= 0.3 is 0 Å². The molecule has 0 saturated carbocycles. The summed E-state index contributed by atoms with van der Waals surface area (Å²) in [5.74, 6) is 0.609. The van der Waals surface area contributed by atoms with Gasteiger partial charge in [0.25, 0.3) is 0 Å². The number of sulfone groups is 1. The fraction of sp³-hybridized carbons (Fsp3) is 0.400. The standard InChI is InChI=1S/C10H14O3S2/c1-8(11)7-14-9-3-5-10(6-4-9)15(2,12)13/h3-6,8,11H,7H2,1-2H3. The number of benzene rings is 1. The van der Waals surface area contributed by atoms with E-state index in [1.807, 2.05) is 0 Å². The molecule has 0 bridgehead atoms. The molecular weight excluding hydrogens is 232 g/mol. The normalized spacial score (nSPS) is 13.8. The monoisotopic (exact) mass is 246 g/mol. The van der Waals surface area contributed by atoms with Crippen molar-refractivity contribution in [2.45, 2.75) is 22.8 Å². The van der Waals surface area contributed by atoms with Crippen LogP contribution in [0.15, 0.2) is 34.1 Å². The maximum Gasteiger partial charge on any atom is 0.175 e. The van der Waals surface area contributed by atoms with Crippen LogP contribution in [0.1, 0.15) is 6.92 Å². The molecule has 1 aromatic rings. The second-order valence-electron chi connectivity index (χ2n) is 3.40. The summed E-state index contributed by atoms with van der Waals surface area (Å²) in [4.78, 5) is 1.28. The molecule has 1 rings (SSSR count). The van der Waals surface area contributed by atoms with E-state index < -0.39 is 9.84 Å². The summed E-state index contributed by atoms with van der Waals surface area (Å²) in [5.41, 5.74) is 0. The van der Waals surface area contributed by atoms with Crippen molar-refractivity contribution in [1.29, 1.82) is 0 Å². The largest absolute Gasteiger partial charge is 0.393 e. The third-order valence-electron chi connectivity index (χ3n) is 1.74. The maximum atomic E-state index is 11.2. The fourth-order valence-corrected chi connectivity index (χ4v) is 2.39. The van der Waals surface area contributed by atoms with Gasteiger partial charge in [-0.25, -0.2) is 8.42 Å². The molecule has 0 spiro atoms. The lowest BCUT2D eigenvalue weighted by atomic mass is 10.4. The highest BCUT2D eigenvalue weighted by Crippen LogP contribution is 2.20. The summed E-state index contributed by atoms with van der Waals surface area (Å²) in [7, 11) is -3.11. The molecule has 1 atom stereocenters. The molecular formula is C10H14O3S2. The van der Waals surface area contributed by atoms with Gasteiger partial charge in [0.05, 0.1) is 11.0 Å². The number of rotatable bonds is 4. The summed E-state index contributed by atoms with van der Waals surface area (Å²) in [6.45, 7) is 1.72. The van der Waals surface area contributed by atoms with Crippen molar-refractivity contribution < 1.29 is 13.5 Å². The molecule has 1 aromatic carbocycles. The van der Waals surface area contributed by atoms with E-state index in [1.165, 1.54) is 18.0 Å². The minimum atomic E-state index is -3.11. The Hall–Kier alpha value is -0.520. The number of hydrogen-bond acceptors (Lipinski definition) is 4. The number of aliphatic hydroxyl groups excluding tert-OH is 1. The van der Waals surface area contributed by atoms with Crippen LogP contribution in [0, 0.1) is 0 Å². The first-order chi connectivity index (χ1) is 6.89. The number of thioether (sulfide) groups is 1. The molecule has 0 aliphatic heterocycles. The molecule has 1 unspecified atom stereocenters. The molecule has 0 aliphatic carbocycles. The van der Waals surface area contributed by atoms with Gasteiger partial charge in [-0.1, -0.05) is 0 Å². The van der Waals surface area contributed by atoms with Crippen LogP contribution in [-0.4, -0.2) is 31.6 Å². The number of hydrogen-bond donors (Lipinski definition) is 1. The molecule has 1 N–H and O–H groups in total. The van der Waals surface area contributed by atoms with Gasteiger partial charge in [0.15, 0.2) is 9.84 Å². The van der Waals surface area contributed by atoms with Gasteiger partial charge in [0.2, 0.25) is 0 Å². The summed E-state index contributed by atoms with van der Waals surface area (Å²) in [6, 6.07) is 6.67. The van der Waals surface area contributed by atoms with Crippen LogP contribution < -0.4 is 0 Å². The molecule has 84 valence electrons. The molecule has 3 nitrogen and oxygen atoms in total. The van der Waals surface area contributed by atoms with E-state index in [-0.39, 0.29) is 6.10 Å². The molecule has 0 heterocycles. The molecule has 0 aromatic heterocycles. The zero-order chi connectivity index (χ0) is 11.5. The average molecular weight is 246 g/mol. The second kappa shape index (κ2) is 5.01. The smallest absolute Gasteiger partial charge is 0.175 e. The van der Waals surface area contributed by atoms with Crippen molar-refractivity contribution in [2.24, 2.45) is 0 Å². The lowest BCUT2D eigenvalue weighted by Crippen LogP contribution is -2.02. The van der Waals surface area contributed by atoms with E-state index >= 15 is 0 Å². The first-order valence-corrected chi connectivity index (χ1v) is 7.38. The zero-order valence-corrected chi connectivity index (χ0v) is 10.3. The number of aliphatic hydroxyl groups is 1. The summed E-state index contributed by atoms with van der Waals surface area (Å²) in [5, 5.41) is 9.08. The maximum absolute atomic E-state index is 11.2. The molecule has 0 saturated heterocycles.